The summed E-state index contributed by atoms with van der Waals surface area (Å²) in [5, 5.41) is 13.3. The molecule has 0 aliphatic carbocycles. The highest BCUT2D eigenvalue weighted by atomic mass is 35.5. The van der Waals surface area contributed by atoms with Gasteiger partial charge in [0.15, 0.2) is 5.69 Å². The van der Waals surface area contributed by atoms with E-state index in [1.807, 2.05) is 60.1 Å². The second-order valence-corrected chi connectivity index (χ2v) is 7.08. The van der Waals surface area contributed by atoms with Gasteiger partial charge in [0.05, 0.1) is 18.8 Å². The van der Waals surface area contributed by atoms with E-state index in [1.165, 1.54) is 5.56 Å². The molecule has 5 rings (SSSR count). The number of benzene rings is 2. The van der Waals surface area contributed by atoms with Crippen molar-refractivity contribution < 1.29 is 9.26 Å². The summed E-state index contributed by atoms with van der Waals surface area (Å²) in [5.74, 6) is 0.846. The number of hydrogen-bond acceptors (Lipinski definition) is 6. The Hall–Kier alpha value is -3.03. The minimum atomic E-state index is -0.177. The standard InChI is InChI=1S/C20H16ClN5O2/c1-12-6-8-13(9-7-12)20-22-19(24-28-20)18-16-11-27-17(10-26(16)25-23-18)14-4-2-3-5-15(14)21/h2-9,17H,10-11H2,1H3/t17-/m0/s1. The van der Waals surface area contributed by atoms with Gasteiger partial charge in [0.2, 0.25) is 5.82 Å². The van der Waals surface area contributed by atoms with Crippen molar-refractivity contribution in [2.24, 2.45) is 0 Å². The lowest BCUT2D eigenvalue weighted by Crippen LogP contribution is -2.22. The minimum absolute atomic E-state index is 0.177. The van der Waals surface area contributed by atoms with Gasteiger partial charge in [0.25, 0.3) is 5.89 Å². The van der Waals surface area contributed by atoms with Gasteiger partial charge in [-0.15, -0.1) is 5.10 Å². The molecule has 2 aromatic carbocycles. The van der Waals surface area contributed by atoms with Gasteiger partial charge < -0.3 is 9.26 Å². The molecule has 0 N–H and O–H groups in total. The van der Waals surface area contributed by atoms with Gasteiger partial charge >= 0.3 is 0 Å². The first-order valence-electron chi connectivity index (χ1n) is 8.88. The second kappa shape index (κ2) is 6.85. The Bertz CT molecular complexity index is 1140. The largest absolute Gasteiger partial charge is 0.365 e. The van der Waals surface area contributed by atoms with Crippen LogP contribution in [0.4, 0.5) is 0 Å². The van der Waals surface area contributed by atoms with Crippen molar-refractivity contribution in [1.29, 1.82) is 0 Å². The molecule has 0 amide bonds. The Morgan fingerprint density at radius 2 is 1.93 bits per heavy atom. The molecule has 3 heterocycles. The number of nitrogens with zero attached hydrogens (tertiary/aromatic N) is 5. The van der Waals surface area contributed by atoms with Gasteiger partial charge in [0.1, 0.15) is 6.10 Å². The fraction of sp³-hybridized carbons (Fsp3) is 0.200. The fourth-order valence-electron chi connectivity index (χ4n) is 3.24. The molecule has 0 saturated carbocycles. The monoisotopic (exact) mass is 393 g/mol. The number of rotatable bonds is 3. The summed E-state index contributed by atoms with van der Waals surface area (Å²) in [6, 6.07) is 15.6. The zero-order valence-corrected chi connectivity index (χ0v) is 15.8. The molecule has 28 heavy (non-hydrogen) atoms. The predicted octanol–water partition coefficient (Wildman–Crippen LogP) is 4.23. The van der Waals surface area contributed by atoms with Gasteiger partial charge in [-0.3, -0.25) is 0 Å². The fourth-order valence-corrected chi connectivity index (χ4v) is 3.50. The van der Waals surface area contributed by atoms with Crippen LogP contribution in [0.5, 0.6) is 0 Å². The molecular formula is C20H16ClN5O2. The molecule has 0 bridgehead atoms. The number of halogens is 1. The average molecular weight is 394 g/mol. The van der Waals surface area contributed by atoms with Gasteiger partial charge in [-0.25, -0.2) is 4.68 Å². The smallest absolute Gasteiger partial charge is 0.258 e. The van der Waals surface area contributed by atoms with Crippen LogP contribution in [0.2, 0.25) is 5.02 Å². The van der Waals surface area contributed by atoms with Gasteiger partial charge in [-0.2, -0.15) is 4.98 Å². The Morgan fingerprint density at radius 3 is 2.75 bits per heavy atom. The van der Waals surface area contributed by atoms with E-state index in [-0.39, 0.29) is 6.10 Å². The van der Waals surface area contributed by atoms with Crippen LogP contribution in [-0.2, 0) is 17.9 Å². The molecule has 2 aromatic heterocycles. The summed E-state index contributed by atoms with van der Waals surface area (Å²) in [6.07, 6.45) is -0.177. The molecule has 140 valence electrons. The Morgan fingerprint density at radius 1 is 1.11 bits per heavy atom. The van der Waals surface area contributed by atoms with Crippen molar-refractivity contribution in [1.82, 2.24) is 25.1 Å². The molecule has 8 heteroatoms. The van der Waals surface area contributed by atoms with Crippen LogP contribution in [0.1, 0.15) is 22.9 Å². The lowest BCUT2D eigenvalue weighted by molar-refractivity contribution is -0.00106. The number of aromatic nitrogens is 5. The molecule has 0 radical (unpaired) electrons. The van der Waals surface area contributed by atoms with Crippen molar-refractivity contribution in [2.45, 2.75) is 26.2 Å². The molecule has 0 spiro atoms. The van der Waals surface area contributed by atoms with Gasteiger partial charge in [-0.1, -0.05) is 57.9 Å². The third-order valence-electron chi connectivity index (χ3n) is 4.79. The molecule has 7 nitrogen and oxygen atoms in total. The summed E-state index contributed by atoms with van der Waals surface area (Å²) in [6.45, 7) is 2.89. The maximum absolute atomic E-state index is 6.30. The lowest BCUT2D eigenvalue weighted by atomic mass is 10.1. The average Bonchev–Trinajstić information content (AvgIpc) is 3.35. The number of aryl methyl sites for hydroxylation is 1. The molecular weight excluding hydrogens is 378 g/mol. The van der Waals surface area contributed by atoms with E-state index in [0.29, 0.717) is 35.6 Å². The normalized spacial score (nSPS) is 16.1. The zero-order chi connectivity index (χ0) is 19.1. The Kier molecular flexibility index (Phi) is 4.18. The molecule has 0 saturated heterocycles. The number of ether oxygens (including phenoxy) is 1. The molecule has 1 atom stereocenters. The van der Waals surface area contributed by atoms with E-state index in [0.717, 1.165) is 16.8 Å². The third kappa shape index (κ3) is 2.98. The van der Waals surface area contributed by atoms with Crippen LogP contribution in [0.25, 0.3) is 23.0 Å². The van der Waals surface area contributed by atoms with E-state index >= 15 is 0 Å². The maximum atomic E-state index is 6.30. The van der Waals surface area contributed by atoms with Crippen molar-refractivity contribution in [2.75, 3.05) is 0 Å². The zero-order valence-electron chi connectivity index (χ0n) is 15.0. The van der Waals surface area contributed by atoms with Crippen LogP contribution < -0.4 is 0 Å². The van der Waals surface area contributed by atoms with Gasteiger partial charge in [-0.05, 0) is 25.1 Å². The summed E-state index contributed by atoms with van der Waals surface area (Å²) in [7, 11) is 0. The first kappa shape index (κ1) is 17.1. The van der Waals surface area contributed by atoms with Crippen LogP contribution >= 0.6 is 11.6 Å². The summed E-state index contributed by atoms with van der Waals surface area (Å²) in [5.41, 5.74) is 4.36. The first-order chi connectivity index (χ1) is 13.7. The Labute approximate surface area is 165 Å². The highest BCUT2D eigenvalue weighted by molar-refractivity contribution is 6.31. The second-order valence-electron chi connectivity index (χ2n) is 6.68. The molecule has 0 unspecified atom stereocenters. The molecule has 1 aliphatic rings. The topological polar surface area (TPSA) is 78.9 Å². The third-order valence-corrected chi connectivity index (χ3v) is 5.13. The molecule has 0 fully saturated rings. The minimum Gasteiger partial charge on any atom is -0.365 e. The van der Waals surface area contributed by atoms with Crippen LogP contribution in [-0.4, -0.2) is 25.1 Å². The van der Waals surface area contributed by atoms with Crippen molar-refractivity contribution in [3.8, 4) is 23.0 Å². The van der Waals surface area contributed by atoms with E-state index < -0.39 is 0 Å². The van der Waals surface area contributed by atoms with E-state index in [9.17, 15) is 0 Å². The SMILES string of the molecule is Cc1ccc(-c2nc(-c3nnn4c3CO[C@H](c3ccccc3Cl)C4)no2)cc1. The van der Waals surface area contributed by atoms with E-state index in [2.05, 4.69) is 20.5 Å². The van der Waals surface area contributed by atoms with Gasteiger partial charge in [0, 0.05) is 16.1 Å². The van der Waals surface area contributed by atoms with Crippen LogP contribution in [0.15, 0.2) is 53.1 Å². The number of hydrogen-bond donors (Lipinski definition) is 0. The summed E-state index contributed by atoms with van der Waals surface area (Å²) >= 11 is 6.30. The van der Waals surface area contributed by atoms with Crippen molar-refractivity contribution in [3.05, 3.63) is 70.4 Å². The van der Waals surface area contributed by atoms with E-state index in [4.69, 9.17) is 20.9 Å². The Balaban J connectivity index is 1.43. The van der Waals surface area contributed by atoms with E-state index in [1.54, 1.807) is 0 Å². The highest BCUT2D eigenvalue weighted by Crippen LogP contribution is 2.33. The maximum Gasteiger partial charge on any atom is 0.258 e. The number of fused-ring (bicyclic) bond motifs is 1. The quantitative estimate of drug-likeness (QED) is 0.518. The molecule has 4 aromatic rings. The molecule has 1 aliphatic heterocycles. The van der Waals surface area contributed by atoms with Crippen molar-refractivity contribution >= 4 is 11.6 Å². The van der Waals surface area contributed by atoms with Crippen LogP contribution in [0, 0.1) is 6.92 Å². The predicted molar refractivity (Wildman–Crippen MR) is 102 cm³/mol. The first-order valence-corrected chi connectivity index (χ1v) is 9.26. The van der Waals surface area contributed by atoms with Crippen molar-refractivity contribution in [3.63, 3.8) is 0 Å². The summed E-state index contributed by atoms with van der Waals surface area (Å²) < 4.78 is 13.3. The van der Waals surface area contributed by atoms with Crippen LogP contribution in [0.3, 0.4) is 0 Å². The lowest BCUT2D eigenvalue weighted by Gasteiger charge is -2.24. The summed E-state index contributed by atoms with van der Waals surface area (Å²) in [4.78, 5) is 4.48. The highest BCUT2D eigenvalue weighted by Gasteiger charge is 2.28.